The van der Waals surface area contributed by atoms with Crippen molar-refractivity contribution in [3.63, 3.8) is 0 Å². The van der Waals surface area contributed by atoms with Crippen LogP contribution < -0.4 is 0 Å². The molecule has 0 aliphatic rings. The highest BCUT2D eigenvalue weighted by atomic mass is 16.1. The third-order valence-electron chi connectivity index (χ3n) is 3.06. The van der Waals surface area contributed by atoms with Crippen molar-refractivity contribution < 1.29 is 4.79 Å². The summed E-state index contributed by atoms with van der Waals surface area (Å²) < 4.78 is 1.89. The number of aldehydes is 1. The van der Waals surface area contributed by atoms with Crippen molar-refractivity contribution in [2.45, 2.75) is 13.5 Å². The maximum absolute atomic E-state index is 10.7. The Hall–Kier alpha value is -2.36. The average molecular weight is 239 g/mol. The molecule has 0 amide bonds. The van der Waals surface area contributed by atoms with Gasteiger partial charge in [-0.2, -0.15) is 5.10 Å². The van der Waals surface area contributed by atoms with Gasteiger partial charge in [0.25, 0.3) is 0 Å². The largest absolute Gasteiger partial charge is 0.352 e. The highest BCUT2D eigenvalue weighted by molar-refractivity contribution is 5.90. The number of fused-ring (bicyclic) bond motifs is 1. The van der Waals surface area contributed by atoms with E-state index in [-0.39, 0.29) is 0 Å². The Morgan fingerprint density at radius 3 is 2.94 bits per heavy atom. The van der Waals surface area contributed by atoms with Crippen LogP contribution in [0.3, 0.4) is 0 Å². The van der Waals surface area contributed by atoms with Crippen LogP contribution in [0, 0.1) is 0 Å². The lowest BCUT2D eigenvalue weighted by Crippen LogP contribution is -1.91. The van der Waals surface area contributed by atoms with Crippen LogP contribution in [0.5, 0.6) is 0 Å². The minimum Gasteiger partial charge on any atom is -0.352 e. The predicted octanol–water partition coefficient (Wildman–Crippen LogP) is 2.86. The van der Waals surface area contributed by atoms with Crippen molar-refractivity contribution in [3.05, 3.63) is 42.4 Å². The van der Waals surface area contributed by atoms with Crippen molar-refractivity contribution in [1.82, 2.24) is 14.8 Å². The van der Waals surface area contributed by atoms with E-state index in [2.05, 4.69) is 17.0 Å². The van der Waals surface area contributed by atoms with Crippen LogP contribution in [-0.4, -0.2) is 21.1 Å². The second-order valence-corrected chi connectivity index (χ2v) is 4.23. The zero-order valence-corrected chi connectivity index (χ0v) is 10.1. The second-order valence-electron chi connectivity index (χ2n) is 4.23. The first-order valence-corrected chi connectivity index (χ1v) is 5.91. The Bertz CT molecular complexity index is 709. The van der Waals surface area contributed by atoms with E-state index in [1.165, 1.54) is 0 Å². The van der Waals surface area contributed by atoms with Crippen molar-refractivity contribution >= 4 is 17.2 Å². The van der Waals surface area contributed by atoms with Crippen LogP contribution in [0.2, 0.25) is 0 Å². The lowest BCUT2D eigenvalue weighted by molar-refractivity contribution is 0.112. The van der Waals surface area contributed by atoms with Gasteiger partial charge < -0.3 is 4.98 Å². The normalized spacial score (nSPS) is 10.9. The fourth-order valence-corrected chi connectivity index (χ4v) is 2.08. The van der Waals surface area contributed by atoms with Crippen LogP contribution in [0.4, 0.5) is 0 Å². The number of carbonyl (C=O) groups excluding carboxylic acids is 1. The summed E-state index contributed by atoms with van der Waals surface area (Å²) in [5.74, 6) is 0. The molecule has 0 aliphatic heterocycles. The molecule has 1 aromatic carbocycles. The van der Waals surface area contributed by atoms with Crippen molar-refractivity contribution in [2.75, 3.05) is 0 Å². The first-order valence-electron chi connectivity index (χ1n) is 5.91. The van der Waals surface area contributed by atoms with Crippen molar-refractivity contribution in [1.29, 1.82) is 0 Å². The Morgan fingerprint density at radius 2 is 2.22 bits per heavy atom. The molecule has 0 saturated heterocycles. The zero-order chi connectivity index (χ0) is 12.5. The molecular formula is C14H13N3O. The minimum atomic E-state index is 0.603. The SMILES string of the molecule is CCn1cc(-c2ccc3cc(C=O)[nH]c3c2)cn1. The number of aromatic amines is 1. The van der Waals surface area contributed by atoms with Crippen LogP contribution >= 0.6 is 0 Å². The molecule has 0 radical (unpaired) electrons. The van der Waals surface area contributed by atoms with E-state index >= 15 is 0 Å². The number of hydrogen-bond acceptors (Lipinski definition) is 2. The number of nitrogens with one attached hydrogen (secondary N) is 1. The molecule has 0 spiro atoms. The molecule has 0 aliphatic carbocycles. The van der Waals surface area contributed by atoms with E-state index in [1.54, 1.807) is 0 Å². The van der Waals surface area contributed by atoms with Crippen LogP contribution in [-0.2, 0) is 6.54 Å². The van der Waals surface area contributed by atoms with Gasteiger partial charge in [0.15, 0.2) is 6.29 Å². The fraction of sp³-hybridized carbons (Fsp3) is 0.143. The molecule has 2 aromatic heterocycles. The first-order chi connectivity index (χ1) is 8.80. The number of rotatable bonds is 3. The molecule has 0 saturated carbocycles. The highest BCUT2D eigenvalue weighted by Crippen LogP contribution is 2.24. The molecule has 4 heteroatoms. The predicted molar refractivity (Wildman–Crippen MR) is 70.6 cm³/mol. The van der Waals surface area contributed by atoms with Gasteiger partial charge in [0.05, 0.1) is 11.9 Å². The standard InChI is InChI=1S/C14H13N3O/c1-2-17-8-12(7-15-17)10-3-4-11-5-13(9-18)16-14(11)6-10/h3-9,16H,2H2,1H3. The number of aryl methyl sites for hydroxylation is 1. The summed E-state index contributed by atoms with van der Waals surface area (Å²) in [5, 5.41) is 5.31. The zero-order valence-electron chi connectivity index (χ0n) is 10.1. The maximum Gasteiger partial charge on any atom is 0.166 e. The molecule has 2 heterocycles. The Balaban J connectivity index is 2.09. The lowest BCUT2D eigenvalue weighted by atomic mass is 10.1. The number of nitrogens with zero attached hydrogens (tertiary/aromatic N) is 2. The molecule has 4 nitrogen and oxygen atoms in total. The van der Waals surface area contributed by atoms with E-state index < -0.39 is 0 Å². The van der Waals surface area contributed by atoms with Crippen LogP contribution in [0.15, 0.2) is 36.7 Å². The Morgan fingerprint density at radius 1 is 1.33 bits per heavy atom. The number of H-pyrrole nitrogens is 1. The molecule has 1 N–H and O–H groups in total. The topological polar surface area (TPSA) is 50.7 Å². The van der Waals surface area contributed by atoms with Gasteiger partial charge in [-0.05, 0) is 24.6 Å². The summed E-state index contributed by atoms with van der Waals surface area (Å²) >= 11 is 0. The number of carbonyl (C=O) groups is 1. The van der Waals surface area contributed by atoms with Gasteiger partial charge in [-0.15, -0.1) is 0 Å². The summed E-state index contributed by atoms with van der Waals surface area (Å²) in [4.78, 5) is 13.8. The number of benzene rings is 1. The molecule has 0 bridgehead atoms. The van der Waals surface area contributed by atoms with E-state index in [1.807, 2.05) is 41.3 Å². The Kier molecular flexibility index (Phi) is 2.48. The van der Waals surface area contributed by atoms with E-state index in [0.29, 0.717) is 5.69 Å². The van der Waals surface area contributed by atoms with Gasteiger partial charge in [-0.25, -0.2) is 0 Å². The molecule has 0 unspecified atom stereocenters. The number of hydrogen-bond donors (Lipinski definition) is 1. The van der Waals surface area contributed by atoms with E-state index in [9.17, 15) is 4.79 Å². The Labute approximate surface area is 104 Å². The second kappa shape index (κ2) is 4.14. The molecule has 90 valence electrons. The fourth-order valence-electron chi connectivity index (χ4n) is 2.08. The van der Waals surface area contributed by atoms with Gasteiger partial charge >= 0.3 is 0 Å². The summed E-state index contributed by atoms with van der Waals surface area (Å²) in [6.45, 7) is 2.92. The third-order valence-corrected chi connectivity index (χ3v) is 3.06. The summed E-state index contributed by atoms with van der Waals surface area (Å²) in [6, 6.07) is 7.94. The smallest absolute Gasteiger partial charge is 0.166 e. The van der Waals surface area contributed by atoms with Crippen LogP contribution in [0.25, 0.3) is 22.0 Å². The molecule has 18 heavy (non-hydrogen) atoms. The highest BCUT2D eigenvalue weighted by Gasteiger charge is 2.04. The quantitative estimate of drug-likeness (QED) is 0.714. The number of aromatic nitrogens is 3. The van der Waals surface area contributed by atoms with Gasteiger partial charge in [0.2, 0.25) is 0 Å². The van der Waals surface area contributed by atoms with E-state index in [4.69, 9.17) is 0 Å². The van der Waals surface area contributed by atoms with Gasteiger partial charge in [-0.3, -0.25) is 9.48 Å². The molecular weight excluding hydrogens is 226 g/mol. The summed E-state index contributed by atoms with van der Waals surface area (Å²) in [6.07, 6.45) is 4.70. The van der Waals surface area contributed by atoms with Gasteiger partial charge in [-0.1, -0.05) is 12.1 Å². The molecule has 0 atom stereocenters. The average Bonchev–Trinajstić information content (AvgIpc) is 3.03. The monoisotopic (exact) mass is 239 g/mol. The molecule has 3 aromatic rings. The first kappa shape index (κ1) is 10.8. The van der Waals surface area contributed by atoms with Crippen LogP contribution in [0.1, 0.15) is 17.4 Å². The van der Waals surface area contributed by atoms with Crippen molar-refractivity contribution in [3.8, 4) is 11.1 Å². The van der Waals surface area contributed by atoms with Gasteiger partial charge in [0, 0.05) is 29.2 Å². The summed E-state index contributed by atoms with van der Waals surface area (Å²) in [5.41, 5.74) is 3.76. The molecule has 3 rings (SSSR count). The summed E-state index contributed by atoms with van der Waals surface area (Å²) in [7, 11) is 0. The van der Waals surface area contributed by atoms with Gasteiger partial charge in [0.1, 0.15) is 0 Å². The third kappa shape index (κ3) is 1.72. The minimum absolute atomic E-state index is 0.603. The van der Waals surface area contributed by atoms with E-state index in [0.717, 1.165) is 34.9 Å². The molecule has 0 fully saturated rings. The van der Waals surface area contributed by atoms with Crippen molar-refractivity contribution in [2.24, 2.45) is 0 Å². The lowest BCUT2D eigenvalue weighted by Gasteiger charge is -1.97. The maximum atomic E-state index is 10.7.